The van der Waals surface area contributed by atoms with Gasteiger partial charge in [0.25, 0.3) is 0 Å². The summed E-state index contributed by atoms with van der Waals surface area (Å²) in [6.07, 6.45) is 1.12. The first kappa shape index (κ1) is 29.0. The van der Waals surface area contributed by atoms with Gasteiger partial charge >= 0.3 is 0 Å². The van der Waals surface area contributed by atoms with E-state index in [2.05, 4.69) is 5.32 Å². The van der Waals surface area contributed by atoms with Crippen LogP contribution >= 0.6 is 0 Å². The number of carbonyl (C=O) groups excluding carboxylic acids is 2. The van der Waals surface area contributed by atoms with Crippen molar-refractivity contribution < 1.29 is 31.5 Å². The molecule has 2 amide bonds. The number of ether oxygens (including phenoxy) is 1. The first-order valence-corrected chi connectivity index (χ1v) is 13.2. The number of benzene rings is 2. The molecule has 0 spiro atoms. The molecule has 0 aliphatic rings. The highest BCUT2D eigenvalue weighted by molar-refractivity contribution is 7.92. The maximum atomic E-state index is 13.9. The summed E-state index contributed by atoms with van der Waals surface area (Å²) in [6, 6.07) is 8.54. The largest absolute Gasteiger partial charge is 0.497 e. The van der Waals surface area contributed by atoms with Crippen LogP contribution in [-0.4, -0.2) is 56.6 Å². The van der Waals surface area contributed by atoms with Gasteiger partial charge < -0.3 is 15.0 Å². The van der Waals surface area contributed by atoms with Crippen molar-refractivity contribution in [1.82, 2.24) is 10.2 Å². The molecular weight excluding hydrogens is 492 g/mol. The predicted molar refractivity (Wildman–Crippen MR) is 134 cm³/mol. The van der Waals surface area contributed by atoms with E-state index in [9.17, 15) is 26.8 Å². The Morgan fingerprint density at radius 3 is 2.14 bits per heavy atom. The van der Waals surface area contributed by atoms with Gasteiger partial charge in [-0.1, -0.05) is 19.1 Å². The number of hydrogen-bond donors (Lipinski definition) is 1. The van der Waals surface area contributed by atoms with E-state index >= 15 is 0 Å². The molecular formula is C25H33F2N3O5S. The summed E-state index contributed by atoms with van der Waals surface area (Å²) in [5.74, 6) is -2.87. The minimum Gasteiger partial charge on any atom is -0.497 e. The lowest BCUT2D eigenvalue weighted by atomic mass is 10.1. The highest BCUT2D eigenvalue weighted by Gasteiger charge is 2.33. The highest BCUT2D eigenvalue weighted by Crippen LogP contribution is 2.22. The third kappa shape index (κ3) is 7.91. The van der Waals surface area contributed by atoms with Crippen molar-refractivity contribution in [3.8, 4) is 5.75 Å². The lowest BCUT2D eigenvalue weighted by Gasteiger charge is -2.34. The van der Waals surface area contributed by atoms with Gasteiger partial charge in [0.2, 0.25) is 21.8 Å². The van der Waals surface area contributed by atoms with Gasteiger partial charge in [0.05, 0.1) is 19.1 Å². The van der Waals surface area contributed by atoms with Crippen molar-refractivity contribution >= 4 is 27.5 Å². The molecule has 0 aliphatic carbocycles. The molecule has 0 fully saturated rings. The molecule has 36 heavy (non-hydrogen) atoms. The minimum atomic E-state index is -4.06. The van der Waals surface area contributed by atoms with Crippen molar-refractivity contribution in [2.24, 2.45) is 0 Å². The van der Waals surface area contributed by atoms with E-state index < -0.39 is 51.6 Å². The molecule has 1 atom stereocenters. The Kier molecular flexibility index (Phi) is 9.42. The minimum absolute atomic E-state index is 0.00821. The van der Waals surface area contributed by atoms with Crippen molar-refractivity contribution in [2.45, 2.75) is 52.2 Å². The van der Waals surface area contributed by atoms with Crippen molar-refractivity contribution in [3.63, 3.8) is 0 Å². The van der Waals surface area contributed by atoms with Crippen molar-refractivity contribution in [3.05, 3.63) is 59.7 Å². The number of rotatable bonds is 10. The molecule has 0 saturated heterocycles. The predicted octanol–water partition coefficient (Wildman–Crippen LogP) is 3.46. The topological polar surface area (TPSA) is 96.0 Å². The van der Waals surface area contributed by atoms with Gasteiger partial charge in [0, 0.05) is 18.2 Å². The molecule has 198 valence electrons. The fourth-order valence-corrected chi connectivity index (χ4v) is 4.40. The molecule has 2 aromatic rings. The normalized spacial score (nSPS) is 12.6. The molecule has 0 bridgehead atoms. The average Bonchev–Trinajstić information content (AvgIpc) is 2.77. The number of anilines is 1. The average molecular weight is 526 g/mol. The zero-order valence-corrected chi connectivity index (χ0v) is 22.2. The second kappa shape index (κ2) is 11.7. The summed E-state index contributed by atoms with van der Waals surface area (Å²) in [6.45, 7) is 6.46. The number of amides is 2. The second-order valence-corrected chi connectivity index (χ2v) is 11.3. The van der Waals surface area contributed by atoms with Crippen LogP contribution in [-0.2, 0) is 26.2 Å². The molecule has 1 N–H and O–H groups in total. The van der Waals surface area contributed by atoms with E-state index in [0.29, 0.717) is 21.7 Å². The van der Waals surface area contributed by atoms with Gasteiger partial charge in [-0.15, -0.1) is 0 Å². The Morgan fingerprint density at radius 1 is 1.06 bits per heavy atom. The van der Waals surface area contributed by atoms with Gasteiger partial charge in [-0.05, 0) is 57.0 Å². The van der Waals surface area contributed by atoms with Gasteiger partial charge in [-0.2, -0.15) is 0 Å². The summed E-state index contributed by atoms with van der Waals surface area (Å²) in [7, 11) is -2.54. The summed E-state index contributed by atoms with van der Waals surface area (Å²) >= 11 is 0. The maximum absolute atomic E-state index is 13.9. The Morgan fingerprint density at radius 2 is 1.67 bits per heavy atom. The zero-order chi connectivity index (χ0) is 27.3. The van der Waals surface area contributed by atoms with E-state index in [-0.39, 0.29) is 18.7 Å². The molecule has 1 unspecified atom stereocenters. The second-order valence-electron chi connectivity index (χ2n) is 9.40. The Bertz CT molecular complexity index is 1180. The third-order valence-electron chi connectivity index (χ3n) is 5.27. The van der Waals surface area contributed by atoms with E-state index in [4.69, 9.17) is 4.74 Å². The van der Waals surface area contributed by atoms with Crippen LogP contribution in [0.3, 0.4) is 0 Å². The van der Waals surface area contributed by atoms with Gasteiger partial charge in [-0.25, -0.2) is 17.2 Å². The van der Waals surface area contributed by atoms with Gasteiger partial charge in [-0.3, -0.25) is 13.9 Å². The SMILES string of the molecule is CCC(C(=O)NC(C)(C)C)N(Cc1ccc(OC)cc1)C(=O)CN(c1ccc(F)c(F)c1)S(C)(=O)=O. The van der Waals surface area contributed by atoms with Crippen LogP contribution in [0, 0.1) is 11.6 Å². The quantitative estimate of drug-likeness (QED) is 0.513. The molecule has 0 aromatic heterocycles. The third-order valence-corrected chi connectivity index (χ3v) is 6.41. The number of hydrogen-bond acceptors (Lipinski definition) is 5. The maximum Gasteiger partial charge on any atom is 0.244 e. The molecule has 8 nitrogen and oxygen atoms in total. The van der Waals surface area contributed by atoms with Crippen LogP contribution in [0.4, 0.5) is 14.5 Å². The van der Waals surface area contributed by atoms with E-state index in [1.165, 1.54) is 12.0 Å². The van der Waals surface area contributed by atoms with Gasteiger partial charge in [0.15, 0.2) is 11.6 Å². The fraction of sp³-hybridized carbons (Fsp3) is 0.440. The molecule has 0 aliphatic heterocycles. The van der Waals surface area contributed by atoms with Crippen LogP contribution in [0.25, 0.3) is 0 Å². The Hall–Kier alpha value is -3.21. The first-order chi connectivity index (χ1) is 16.7. The van der Waals surface area contributed by atoms with Crippen molar-refractivity contribution in [2.75, 3.05) is 24.2 Å². The standard InChI is InChI=1S/C25H33F2N3O5S/c1-7-22(24(32)28-25(2,3)4)29(15-17-8-11-19(35-5)12-9-17)23(31)16-30(36(6,33)34)18-10-13-20(26)21(27)14-18/h8-14,22H,7,15-16H2,1-6H3,(H,28,32). The fourth-order valence-electron chi connectivity index (χ4n) is 3.55. The summed E-state index contributed by atoms with van der Waals surface area (Å²) < 4.78 is 58.2. The molecule has 0 heterocycles. The smallest absolute Gasteiger partial charge is 0.244 e. The number of sulfonamides is 1. The molecule has 2 rings (SSSR count). The van der Waals surface area contributed by atoms with Crippen LogP contribution in [0.15, 0.2) is 42.5 Å². The van der Waals surface area contributed by atoms with E-state index in [1.54, 1.807) is 31.2 Å². The van der Waals surface area contributed by atoms with Crippen LogP contribution < -0.4 is 14.4 Å². The van der Waals surface area contributed by atoms with Crippen LogP contribution in [0.5, 0.6) is 5.75 Å². The summed E-state index contributed by atoms with van der Waals surface area (Å²) in [5.41, 5.74) is -0.0877. The zero-order valence-electron chi connectivity index (χ0n) is 21.3. The number of nitrogens with one attached hydrogen (secondary N) is 1. The monoisotopic (exact) mass is 525 g/mol. The van der Waals surface area contributed by atoms with Crippen LogP contribution in [0.2, 0.25) is 0 Å². The number of nitrogens with zero attached hydrogens (tertiary/aromatic N) is 2. The number of carbonyl (C=O) groups is 2. The Labute approximate surface area is 211 Å². The number of methoxy groups -OCH3 is 1. The van der Waals surface area contributed by atoms with E-state index in [0.717, 1.165) is 18.4 Å². The lowest BCUT2D eigenvalue weighted by molar-refractivity contribution is -0.141. The van der Waals surface area contributed by atoms with E-state index in [1.807, 2.05) is 20.8 Å². The summed E-state index contributed by atoms with van der Waals surface area (Å²) in [5, 5.41) is 2.86. The molecule has 0 radical (unpaired) electrons. The summed E-state index contributed by atoms with van der Waals surface area (Å²) in [4.78, 5) is 28.0. The van der Waals surface area contributed by atoms with Gasteiger partial charge in [0.1, 0.15) is 18.3 Å². The highest BCUT2D eigenvalue weighted by atomic mass is 32.2. The van der Waals surface area contributed by atoms with Crippen molar-refractivity contribution in [1.29, 1.82) is 0 Å². The molecule has 11 heteroatoms. The molecule has 2 aromatic carbocycles. The Balaban J connectivity index is 2.47. The number of halogens is 2. The van der Waals surface area contributed by atoms with Crippen LogP contribution in [0.1, 0.15) is 39.7 Å². The first-order valence-electron chi connectivity index (χ1n) is 11.3. The molecule has 0 saturated carbocycles. The lowest BCUT2D eigenvalue weighted by Crippen LogP contribution is -2.55.